The maximum atomic E-state index is 10.9. The quantitative estimate of drug-likeness (QED) is 0.775. The summed E-state index contributed by atoms with van der Waals surface area (Å²) in [4.78, 5) is 24.6. The summed E-state index contributed by atoms with van der Waals surface area (Å²) < 4.78 is 0. The van der Waals surface area contributed by atoms with Crippen LogP contribution in [0.2, 0.25) is 0 Å². The number of aryl methyl sites for hydroxylation is 1. The molecule has 0 fully saturated rings. The zero-order valence-electron chi connectivity index (χ0n) is 9.99. The van der Waals surface area contributed by atoms with Crippen LogP contribution in [0.25, 0.3) is 20.7 Å². The molecule has 5 nitrogen and oxygen atoms in total. The molecule has 0 atom stereocenters. The zero-order chi connectivity index (χ0) is 13.4. The number of aromatic nitrogens is 3. The molecule has 0 radical (unpaired) electrons. The minimum atomic E-state index is -1.11. The van der Waals surface area contributed by atoms with E-state index in [-0.39, 0.29) is 5.82 Å². The summed E-state index contributed by atoms with van der Waals surface area (Å²) in [6, 6.07) is 3.84. The number of carbonyl (C=O) groups is 1. The standard InChI is InChI=1S/C13H9N3O2S/c1-7-9-6-15-11(13(17)18)16-12(9)19-10(7)8-3-2-4-14-5-8/h2-6H,1H3,(H,17,18). The van der Waals surface area contributed by atoms with E-state index in [1.54, 1.807) is 18.6 Å². The molecule has 94 valence electrons. The lowest BCUT2D eigenvalue weighted by atomic mass is 10.1. The lowest BCUT2D eigenvalue weighted by Crippen LogP contribution is -2.02. The zero-order valence-corrected chi connectivity index (χ0v) is 10.8. The molecule has 0 spiro atoms. The Morgan fingerprint density at radius 3 is 2.89 bits per heavy atom. The van der Waals surface area contributed by atoms with Crippen molar-refractivity contribution in [1.82, 2.24) is 15.0 Å². The number of pyridine rings is 1. The fourth-order valence-electron chi connectivity index (χ4n) is 1.87. The smallest absolute Gasteiger partial charge is 0.373 e. The average Bonchev–Trinajstić information content (AvgIpc) is 2.76. The molecule has 19 heavy (non-hydrogen) atoms. The van der Waals surface area contributed by atoms with Gasteiger partial charge >= 0.3 is 5.97 Å². The van der Waals surface area contributed by atoms with Crippen LogP contribution in [0.4, 0.5) is 0 Å². The van der Waals surface area contributed by atoms with Gasteiger partial charge in [-0.15, -0.1) is 11.3 Å². The van der Waals surface area contributed by atoms with Crippen LogP contribution in [-0.2, 0) is 0 Å². The van der Waals surface area contributed by atoms with E-state index < -0.39 is 5.97 Å². The predicted molar refractivity (Wildman–Crippen MR) is 72.3 cm³/mol. The second-order valence-electron chi connectivity index (χ2n) is 4.02. The van der Waals surface area contributed by atoms with Crippen molar-refractivity contribution in [3.8, 4) is 10.4 Å². The van der Waals surface area contributed by atoms with Crippen molar-refractivity contribution < 1.29 is 9.90 Å². The van der Waals surface area contributed by atoms with E-state index in [4.69, 9.17) is 5.11 Å². The maximum Gasteiger partial charge on any atom is 0.373 e. The topological polar surface area (TPSA) is 76.0 Å². The first-order valence-electron chi connectivity index (χ1n) is 5.56. The first kappa shape index (κ1) is 11.7. The molecule has 3 aromatic heterocycles. The summed E-state index contributed by atoms with van der Waals surface area (Å²) in [5, 5.41) is 9.79. The number of rotatable bonds is 2. The highest BCUT2D eigenvalue weighted by Gasteiger charge is 2.14. The number of nitrogens with zero attached hydrogens (tertiary/aromatic N) is 3. The summed E-state index contributed by atoms with van der Waals surface area (Å²) in [6.07, 6.45) is 5.06. The van der Waals surface area contributed by atoms with Gasteiger partial charge in [0.15, 0.2) is 0 Å². The summed E-state index contributed by atoms with van der Waals surface area (Å²) in [7, 11) is 0. The highest BCUT2D eigenvalue weighted by atomic mass is 32.1. The lowest BCUT2D eigenvalue weighted by molar-refractivity contribution is 0.0684. The van der Waals surface area contributed by atoms with Crippen molar-refractivity contribution in [3.05, 3.63) is 42.1 Å². The van der Waals surface area contributed by atoms with Crippen LogP contribution in [0.1, 0.15) is 16.2 Å². The molecule has 0 aromatic carbocycles. The minimum Gasteiger partial charge on any atom is -0.475 e. The van der Waals surface area contributed by atoms with Gasteiger partial charge in [0.25, 0.3) is 0 Å². The van der Waals surface area contributed by atoms with Crippen molar-refractivity contribution in [3.63, 3.8) is 0 Å². The van der Waals surface area contributed by atoms with Gasteiger partial charge in [0, 0.05) is 34.4 Å². The van der Waals surface area contributed by atoms with Crippen molar-refractivity contribution in [2.24, 2.45) is 0 Å². The normalized spacial score (nSPS) is 10.8. The van der Waals surface area contributed by atoms with Crippen LogP contribution >= 0.6 is 11.3 Å². The second-order valence-corrected chi connectivity index (χ2v) is 5.01. The number of carboxylic acid groups (broad SMARTS) is 1. The van der Waals surface area contributed by atoms with E-state index in [1.165, 1.54) is 11.3 Å². The fourth-order valence-corrected chi connectivity index (χ4v) is 3.02. The number of thiophene rings is 1. The first-order chi connectivity index (χ1) is 9.16. The molecule has 0 aliphatic heterocycles. The van der Waals surface area contributed by atoms with E-state index in [0.29, 0.717) is 4.83 Å². The number of hydrogen-bond acceptors (Lipinski definition) is 5. The Kier molecular flexibility index (Phi) is 2.72. The Balaban J connectivity index is 2.23. The summed E-state index contributed by atoms with van der Waals surface area (Å²) >= 11 is 1.45. The monoisotopic (exact) mass is 271 g/mol. The van der Waals surface area contributed by atoms with Gasteiger partial charge in [-0.2, -0.15) is 0 Å². The summed E-state index contributed by atoms with van der Waals surface area (Å²) in [5.74, 6) is -1.29. The van der Waals surface area contributed by atoms with Crippen LogP contribution in [-0.4, -0.2) is 26.0 Å². The fraction of sp³-hybridized carbons (Fsp3) is 0.0769. The molecule has 6 heteroatoms. The van der Waals surface area contributed by atoms with Crippen LogP contribution < -0.4 is 0 Å². The molecule has 0 unspecified atom stereocenters. The predicted octanol–water partition coefficient (Wildman–Crippen LogP) is 2.76. The van der Waals surface area contributed by atoms with Gasteiger partial charge in [-0.3, -0.25) is 4.98 Å². The minimum absolute atomic E-state index is 0.175. The van der Waals surface area contributed by atoms with Crippen molar-refractivity contribution in [2.75, 3.05) is 0 Å². The van der Waals surface area contributed by atoms with Gasteiger partial charge in [-0.25, -0.2) is 14.8 Å². The van der Waals surface area contributed by atoms with Crippen LogP contribution in [0.15, 0.2) is 30.7 Å². The van der Waals surface area contributed by atoms with E-state index in [1.807, 2.05) is 19.1 Å². The third-order valence-corrected chi connectivity index (χ3v) is 4.06. The molecule has 1 N–H and O–H groups in total. The van der Waals surface area contributed by atoms with E-state index in [2.05, 4.69) is 15.0 Å². The molecule has 0 aliphatic carbocycles. The van der Waals surface area contributed by atoms with E-state index in [9.17, 15) is 4.79 Å². The molecular weight excluding hydrogens is 262 g/mol. The van der Waals surface area contributed by atoms with Crippen LogP contribution in [0, 0.1) is 6.92 Å². The number of hydrogen-bond donors (Lipinski definition) is 1. The Hall–Kier alpha value is -2.34. The highest BCUT2D eigenvalue weighted by molar-refractivity contribution is 7.22. The lowest BCUT2D eigenvalue weighted by Gasteiger charge is -1.97. The molecule has 3 aromatic rings. The number of carboxylic acids is 1. The van der Waals surface area contributed by atoms with E-state index >= 15 is 0 Å². The Morgan fingerprint density at radius 1 is 1.37 bits per heavy atom. The molecule has 3 heterocycles. The van der Waals surface area contributed by atoms with Gasteiger partial charge in [-0.1, -0.05) is 6.07 Å². The number of fused-ring (bicyclic) bond motifs is 1. The van der Waals surface area contributed by atoms with Gasteiger partial charge in [0.1, 0.15) is 4.83 Å². The number of aromatic carboxylic acids is 1. The third kappa shape index (κ3) is 1.96. The van der Waals surface area contributed by atoms with Gasteiger partial charge in [0.2, 0.25) is 5.82 Å². The van der Waals surface area contributed by atoms with Gasteiger partial charge in [0.05, 0.1) is 0 Å². The molecule has 3 rings (SSSR count). The average molecular weight is 271 g/mol. The molecule has 0 aliphatic rings. The van der Waals surface area contributed by atoms with Crippen LogP contribution in [0.3, 0.4) is 0 Å². The third-order valence-electron chi connectivity index (χ3n) is 2.81. The molecule has 0 bridgehead atoms. The second kappa shape index (κ2) is 4.40. The highest BCUT2D eigenvalue weighted by Crippen LogP contribution is 2.36. The Morgan fingerprint density at radius 2 is 2.21 bits per heavy atom. The molecule has 0 saturated carbocycles. The molecular formula is C13H9N3O2S. The van der Waals surface area contributed by atoms with Gasteiger partial charge in [-0.05, 0) is 18.6 Å². The largest absolute Gasteiger partial charge is 0.475 e. The van der Waals surface area contributed by atoms with E-state index in [0.717, 1.165) is 21.4 Å². The Labute approximate surface area is 112 Å². The summed E-state index contributed by atoms with van der Waals surface area (Å²) in [5.41, 5.74) is 2.05. The van der Waals surface area contributed by atoms with Gasteiger partial charge < -0.3 is 5.11 Å². The molecule has 0 amide bonds. The molecule has 0 saturated heterocycles. The SMILES string of the molecule is Cc1c(-c2cccnc2)sc2nc(C(=O)O)ncc12. The van der Waals surface area contributed by atoms with Crippen molar-refractivity contribution in [2.45, 2.75) is 6.92 Å². The summed E-state index contributed by atoms with van der Waals surface area (Å²) in [6.45, 7) is 1.98. The first-order valence-corrected chi connectivity index (χ1v) is 6.38. The van der Waals surface area contributed by atoms with Crippen molar-refractivity contribution >= 4 is 27.5 Å². The van der Waals surface area contributed by atoms with Crippen molar-refractivity contribution in [1.29, 1.82) is 0 Å². The van der Waals surface area contributed by atoms with Crippen LogP contribution in [0.5, 0.6) is 0 Å². The maximum absolute atomic E-state index is 10.9. The Bertz CT molecular complexity index is 768.